The second-order valence-electron chi connectivity index (χ2n) is 5.48. The molecule has 0 fully saturated rings. The summed E-state index contributed by atoms with van der Waals surface area (Å²) in [6, 6.07) is 10.1. The largest absolute Gasteiger partial charge is 0.493 e. The SMILES string of the molecule is CC(C)COc1ccc(NC(=O)/C=C/c2ccc([N+](=O)[O-])s2)cc1. The van der Waals surface area contributed by atoms with Gasteiger partial charge in [0.05, 0.1) is 11.5 Å². The molecule has 1 heterocycles. The van der Waals surface area contributed by atoms with Crippen LogP contribution in [-0.4, -0.2) is 17.4 Å². The van der Waals surface area contributed by atoms with Crippen LogP contribution in [0.4, 0.5) is 10.7 Å². The number of hydrogen-bond acceptors (Lipinski definition) is 5. The van der Waals surface area contributed by atoms with Crippen LogP contribution in [-0.2, 0) is 4.79 Å². The minimum absolute atomic E-state index is 0.0482. The molecule has 2 rings (SSSR count). The predicted octanol–water partition coefficient (Wildman–Crippen LogP) is 4.34. The van der Waals surface area contributed by atoms with Crippen LogP contribution < -0.4 is 10.1 Å². The Morgan fingerprint density at radius 3 is 2.58 bits per heavy atom. The van der Waals surface area contributed by atoms with Gasteiger partial charge in [-0.2, -0.15) is 0 Å². The van der Waals surface area contributed by atoms with Crippen molar-refractivity contribution in [1.29, 1.82) is 0 Å². The van der Waals surface area contributed by atoms with Gasteiger partial charge in [-0.25, -0.2) is 0 Å². The summed E-state index contributed by atoms with van der Waals surface area (Å²) in [6.07, 6.45) is 2.89. The number of thiophene rings is 1. The van der Waals surface area contributed by atoms with Gasteiger partial charge >= 0.3 is 5.00 Å². The Morgan fingerprint density at radius 1 is 1.29 bits per heavy atom. The van der Waals surface area contributed by atoms with Gasteiger partial charge in [0, 0.05) is 22.7 Å². The fraction of sp³-hybridized carbons (Fsp3) is 0.235. The maximum atomic E-state index is 11.9. The van der Waals surface area contributed by atoms with E-state index in [1.165, 1.54) is 12.1 Å². The van der Waals surface area contributed by atoms with Crippen molar-refractivity contribution in [3.63, 3.8) is 0 Å². The van der Waals surface area contributed by atoms with Crippen LogP contribution in [0.15, 0.2) is 42.5 Å². The van der Waals surface area contributed by atoms with E-state index in [9.17, 15) is 14.9 Å². The Morgan fingerprint density at radius 2 is 2.00 bits per heavy atom. The summed E-state index contributed by atoms with van der Waals surface area (Å²) in [6.45, 7) is 4.79. The zero-order valence-electron chi connectivity index (χ0n) is 13.4. The number of rotatable bonds is 7. The van der Waals surface area contributed by atoms with Crippen LogP contribution in [0.1, 0.15) is 18.7 Å². The van der Waals surface area contributed by atoms with Crippen molar-refractivity contribution in [2.75, 3.05) is 11.9 Å². The van der Waals surface area contributed by atoms with Gasteiger partial charge in [-0.1, -0.05) is 25.2 Å². The average Bonchev–Trinajstić information content (AvgIpc) is 3.01. The molecule has 0 bridgehead atoms. The van der Waals surface area contributed by atoms with Crippen molar-refractivity contribution in [3.05, 3.63) is 57.5 Å². The Kier molecular flexibility index (Phi) is 6.08. The number of amides is 1. The topological polar surface area (TPSA) is 81.5 Å². The average molecular weight is 346 g/mol. The Hall–Kier alpha value is -2.67. The molecule has 1 N–H and O–H groups in total. The van der Waals surface area contributed by atoms with Crippen molar-refractivity contribution < 1.29 is 14.5 Å². The van der Waals surface area contributed by atoms with Crippen molar-refractivity contribution in [3.8, 4) is 5.75 Å². The van der Waals surface area contributed by atoms with Gasteiger partial charge in [0.15, 0.2) is 0 Å². The summed E-state index contributed by atoms with van der Waals surface area (Å²) < 4.78 is 5.57. The summed E-state index contributed by atoms with van der Waals surface area (Å²) in [5, 5.41) is 13.4. The lowest BCUT2D eigenvalue weighted by Crippen LogP contribution is -2.08. The van der Waals surface area contributed by atoms with E-state index in [0.717, 1.165) is 17.1 Å². The summed E-state index contributed by atoms with van der Waals surface area (Å²) in [7, 11) is 0. The third-order valence-electron chi connectivity index (χ3n) is 2.90. The highest BCUT2D eigenvalue weighted by Crippen LogP contribution is 2.24. The number of carbonyl (C=O) groups is 1. The number of carbonyl (C=O) groups excluding carboxylic acids is 1. The number of hydrogen-bond donors (Lipinski definition) is 1. The minimum atomic E-state index is -0.453. The zero-order valence-corrected chi connectivity index (χ0v) is 14.2. The fourth-order valence-electron chi connectivity index (χ4n) is 1.77. The molecule has 1 aromatic carbocycles. The van der Waals surface area contributed by atoms with Crippen molar-refractivity contribution in [2.24, 2.45) is 5.92 Å². The van der Waals surface area contributed by atoms with Crippen LogP contribution in [0, 0.1) is 16.0 Å². The van der Waals surface area contributed by atoms with E-state index < -0.39 is 4.92 Å². The number of anilines is 1. The molecular formula is C17H18N2O4S. The normalized spacial score (nSPS) is 11.0. The van der Waals surface area contributed by atoms with E-state index in [-0.39, 0.29) is 10.9 Å². The summed E-state index contributed by atoms with van der Waals surface area (Å²) in [5.74, 6) is 0.896. The van der Waals surface area contributed by atoms with Crippen LogP contribution in [0.2, 0.25) is 0 Å². The van der Waals surface area contributed by atoms with Crippen LogP contribution in [0.5, 0.6) is 5.75 Å². The molecule has 7 heteroatoms. The van der Waals surface area contributed by atoms with Gasteiger partial charge in [0.2, 0.25) is 5.91 Å². The van der Waals surface area contributed by atoms with Crippen LogP contribution in [0.3, 0.4) is 0 Å². The molecule has 0 saturated carbocycles. The highest BCUT2D eigenvalue weighted by Gasteiger charge is 2.08. The third-order valence-corrected chi connectivity index (χ3v) is 3.90. The van der Waals surface area contributed by atoms with E-state index in [1.807, 2.05) is 0 Å². The highest BCUT2D eigenvalue weighted by molar-refractivity contribution is 7.16. The van der Waals surface area contributed by atoms with E-state index in [4.69, 9.17) is 4.74 Å². The predicted molar refractivity (Wildman–Crippen MR) is 95.4 cm³/mol. The first-order valence-electron chi connectivity index (χ1n) is 7.40. The number of nitrogens with one attached hydrogen (secondary N) is 1. The maximum Gasteiger partial charge on any atom is 0.324 e. The van der Waals surface area contributed by atoms with Crippen molar-refractivity contribution in [1.82, 2.24) is 0 Å². The second kappa shape index (κ2) is 8.26. The van der Waals surface area contributed by atoms with Gasteiger partial charge in [0.25, 0.3) is 0 Å². The maximum absolute atomic E-state index is 11.9. The molecule has 0 spiro atoms. The molecule has 6 nitrogen and oxygen atoms in total. The minimum Gasteiger partial charge on any atom is -0.493 e. The number of nitro groups is 1. The first-order valence-corrected chi connectivity index (χ1v) is 8.22. The Balaban J connectivity index is 1.89. The molecule has 0 radical (unpaired) electrons. The standard InChI is InChI=1S/C17H18N2O4S/c1-12(2)11-23-14-5-3-13(4-6-14)18-16(20)9-7-15-8-10-17(24-15)19(21)22/h3-10,12H,11H2,1-2H3,(H,18,20)/b9-7+. The lowest BCUT2D eigenvalue weighted by molar-refractivity contribution is -0.380. The molecule has 24 heavy (non-hydrogen) atoms. The molecule has 0 aliphatic carbocycles. The zero-order chi connectivity index (χ0) is 17.5. The summed E-state index contributed by atoms with van der Waals surface area (Å²) in [5.41, 5.74) is 0.652. The van der Waals surface area contributed by atoms with Crippen molar-refractivity contribution >= 4 is 34.0 Å². The van der Waals surface area contributed by atoms with Gasteiger partial charge in [-0.15, -0.1) is 0 Å². The van der Waals surface area contributed by atoms with E-state index in [2.05, 4.69) is 19.2 Å². The molecule has 1 amide bonds. The third kappa shape index (κ3) is 5.51. The molecular weight excluding hydrogens is 328 g/mol. The smallest absolute Gasteiger partial charge is 0.324 e. The summed E-state index contributed by atoms with van der Waals surface area (Å²) in [4.78, 5) is 22.7. The summed E-state index contributed by atoms with van der Waals surface area (Å²) >= 11 is 1.02. The van der Waals surface area contributed by atoms with Gasteiger partial charge in [-0.3, -0.25) is 14.9 Å². The second-order valence-corrected chi connectivity index (χ2v) is 6.58. The fourth-order valence-corrected chi connectivity index (χ4v) is 2.49. The Labute approximate surface area is 143 Å². The molecule has 0 aliphatic rings. The first-order chi connectivity index (χ1) is 11.4. The lowest BCUT2D eigenvalue weighted by atomic mass is 10.2. The lowest BCUT2D eigenvalue weighted by Gasteiger charge is -2.09. The Bertz CT molecular complexity index is 735. The van der Waals surface area contributed by atoms with Crippen molar-refractivity contribution in [2.45, 2.75) is 13.8 Å². The van der Waals surface area contributed by atoms with Gasteiger partial charge in [0.1, 0.15) is 5.75 Å². The highest BCUT2D eigenvalue weighted by atomic mass is 32.1. The first kappa shape index (κ1) is 17.7. The monoisotopic (exact) mass is 346 g/mol. The molecule has 0 aliphatic heterocycles. The molecule has 2 aromatic rings. The molecule has 126 valence electrons. The number of ether oxygens (including phenoxy) is 1. The molecule has 0 atom stereocenters. The molecule has 0 saturated heterocycles. The van der Waals surface area contributed by atoms with Gasteiger partial charge in [-0.05, 0) is 42.3 Å². The molecule has 1 aromatic heterocycles. The van der Waals surface area contributed by atoms with E-state index >= 15 is 0 Å². The number of benzene rings is 1. The quantitative estimate of drug-likeness (QED) is 0.459. The number of nitrogens with zero attached hydrogens (tertiary/aromatic N) is 1. The van der Waals surface area contributed by atoms with E-state index in [0.29, 0.717) is 23.1 Å². The van der Waals surface area contributed by atoms with E-state index in [1.54, 1.807) is 36.4 Å². The molecule has 0 unspecified atom stereocenters. The van der Waals surface area contributed by atoms with Gasteiger partial charge < -0.3 is 10.1 Å². The van der Waals surface area contributed by atoms with Crippen LogP contribution >= 0.6 is 11.3 Å². The van der Waals surface area contributed by atoms with Crippen LogP contribution in [0.25, 0.3) is 6.08 Å².